The largest absolute Gasteiger partial charge is 0.481 e. The Labute approximate surface area is 118 Å². The van der Waals surface area contributed by atoms with E-state index >= 15 is 0 Å². The van der Waals surface area contributed by atoms with E-state index in [1.165, 1.54) is 0 Å². The Hall–Kier alpha value is -1.65. The van der Waals surface area contributed by atoms with Crippen LogP contribution in [0.3, 0.4) is 0 Å². The molecule has 5 heteroatoms. The maximum absolute atomic E-state index is 13.8. The summed E-state index contributed by atoms with van der Waals surface area (Å²) in [5.41, 5.74) is 0.141. The zero-order chi connectivity index (χ0) is 15.0. The number of hydrogen-bond acceptors (Lipinski definition) is 2. The van der Waals surface area contributed by atoms with E-state index in [1.54, 1.807) is 4.90 Å². The summed E-state index contributed by atoms with van der Waals surface area (Å²) < 4.78 is 27.0. The molecule has 3 nitrogen and oxygen atoms in total. The molecule has 1 aromatic rings. The van der Waals surface area contributed by atoms with Crippen molar-refractivity contribution in [2.45, 2.75) is 39.0 Å². The molecule has 0 aromatic heterocycles. The summed E-state index contributed by atoms with van der Waals surface area (Å²) in [5, 5.41) is 8.75. The third kappa shape index (κ3) is 5.55. The molecule has 112 valence electrons. The van der Waals surface area contributed by atoms with Crippen LogP contribution in [0.4, 0.5) is 14.5 Å². The number of carboxylic acids is 1. The van der Waals surface area contributed by atoms with E-state index in [0.717, 1.165) is 43.9 Å². The van der Waals surface area contributed by atoms with Crippen LogP contribution >= 0.6 is 0 Å². The molecule has 0 aliphatic rings. The minimum atomic E-state index is -0.944. The number of benzene rings is 1. The lowest BCUT2D eigenvalue weighted by Gasteiger charge is -2.24. The summed E-state index contributed by atoms with van der Waals surface area (Å²) in [6.45, 7) is 2.81. The predicted octanol–water partition coefficient (Wildman–Crippen LogP) is 3.83. The molecule has 0 unspecified atom stereocenters. The lowest BCUT2D eigenvalue weighted by atomic mass is 10.2. The highest BCUT2D eigenvalue weighted by Gasteiger charge is 2.13. The Balaban J connectivity index is 2.74. The predicted molar refractivity (Wildman–Crippen MR) is 75.0 cm³/mol. The number of aliphatic carboxylic acids is 1. The third-order valence-corrected chi connectivity index (χ3v) is 3.13. The van der Waals surface area contributed by atoms with Gasteiger partial charge in [0.1, 0.15) is 11.6 Å². The summed E-state index contributed by atoms with van der Waals surface area (Å²) in [5.74, 6) is -1.98. The molecule has 0 atom stereocenters. The molecule has 0 saturated carbocycles. The van der Waals surface area contributed by atoms with Crippen LogP contribution in [0, 0.1) is 11.6 Å². The van der Waals surface area contributed by atoms with E-state index in [2.05, 4.69) is 6.92 Å². The first kappa shape index (κ1) is 16.4. The van der Waals surface area contributed by atoms with E-state index in [1.807, 2.05) is 0 Å². The average molecular weight is 285 g/mol. The van der Waals surface area contributed by atoms with Crippen LogP contribution in [0.25, 0.3) is 0 Å². The van der Waals surface area contributed by atoms with Gasteiger partial charge in [-0.05, 0) is 18.6 Å². The van der Waals surface area contributed by atoms with Gasteiger partial charge >= 0.3 is 5.97 Å². The Morgan fingerprint density at radius 2 is 1.95 bits per heavy atom. The van der Waals surface area contributed by atoms with Gasteiger partial charge in [0.05, 0.1) is 12.1 Å². The van der Waals surface area contributed by atoms with Crippen LogP contribution < -0.4 is 4.90 Å². The van der Waals surface area contributed by atoms with Crippen LogP contribution in [0.5, 0.6) is 0 Å². The third-order valence-electron chi connectivity index (χ3n) is 3.13. The fourth-order valence-corrected chi connectivity index (χ4v) is 2.04. The van der Waals surface area contributed by atoms with E-state index in [0.29, 0.717) is 6.54 Å². The zero-order valence-corrected chi connectivity index (χ0v) is 11.7. The summed E-state index contributed by atoms with van der Waals surface area (Å²) >= 11 is 0. The van der Waals surface area contributed by atoms with Crippen molar-refractivity contribution >= 4 is 11.7 Å². The zero-order valence-electron chi connectivity index (χ0n) is 11.7. The second-order valence-corrected chi connectivity index (χ2v) is 4.79. The maximum atomic E-state index is 13.8. The van der Waals surface area contributed by atoms with E-state index in [-0.39, 0.29) is 18.7 Å². The summed E-state index contributed by atoms with van der Waals surface area (Å²) in [6.07, 6.45) is 3.91. The second kappa shape index (κ2) is 8.51. The highest BCUT2D eigenvalue weighted by atomic mass is 19.1. The van der Waals surface area contributed by atoms with Gasteiger partial charge in [0.2, 0.25) is 0 Å². The molecule has 0 fully saturated rings. The van der Waals surface area contributed by atoms with Crippen molar-refractivity contribution in [3.05, 3.63) is 29.8 Å². The van der Waals surface area contributed by atoms with Gasteiger partial charge in [0.15, 0.2) is 0 Å². The summed E-state index contributed by atoms with van der Waals surface area (Å²) in [4.78, 5) is 12.3. The average Bonchev–Trinajstić information content (AvgIpc) is 2.41. The molecule has 0 aliphatic heterocycles. The Morgan fingerprint density at radius 1 is 1.20 bits per heavy atom. The normalized spacial score (nSPS) is 10.6. The van der Waals surface area contributed by atoms with Gasteiger partial charge < -0.3 is 10.0 Å². The number of halogens is 2. The van der Waals surface area contributed by atoms with Gasteiger partial charge in [-0.15, -0.1) is 0 Å². The molecule has 0 amide bonds. The van der Waals surface area contributed by atoms with Crippen molar-refractivity contribution in [1.29, 1.82) is 0 Å². The number of anilines is 1. The molecule has 0 aliphatic carbocycles. The van der Waals surface area contributed by atoms with Gasteiger partial charge in [-0.1, -0.05) is 26.2 Å². The molecule has 0 bridgehead atoms. The fourth-order valence-electron chi connectivity index (χ4n) is 2.04. The minimum Gasteiger partial charge on any atom is -0.481 e. The number of carboxylic acid groups (broad SMARTS) is 1. The smallest absolute Gasteiger partial charge is 0.305 e. The molecule has 1 N–H and O–H groups in total. The molecule has 0 heterocycles. The SMILES string of the molecule is CCCCCCN(CCC(=O)O)c1cc(F)ccc1F. The monoisotopic (exact) mass is 285 g/mol. The minimum absolute atomic E-state index is 0.0935. The topological polar surface area (TPSA) is 40.5 Å². The first-order chi connectivity index (χ1) is 9.54. The fraction of sp³-hybridized carbons (Fsp3) is 0.533. The summed E-state index contributed by atoms with van der Waals surface area (Å²) in [6, 6.07) is 3.26. The molecule has 0 spiro atoms. The van der Waals surface area contributed by atoms with Crippen LogP contribution in [0.2, 0.25) is 0 Å². The number of unbranched alkanes of at least 4 members (excludes halogenated alkanes) is 3. The van der Waals surface area contributed by atoms with Gasteiger partial charge in [0.25, 0.3) is 0 Å². The van der Waals surface area contributed by atoms with Gasteiger partial charge in [-0.3, -0.25) is 4.79 Å². The van der Waals surface area contributed by atoms with E-state index in [4.69, 9.17) is 5.11 Å². The van der Waals surface area contributed by atoms with E-state index in [9.17, 15) is 13.6 Å². The summed E-state index contributed by atoms with van der Waals surface area (Å²) in [7, 11) is 0. The molecule has 0 saturated heterocycles. The Morgan fingerprint density at radius 3 is 2.60 bits per heavy atom. The Kier molecular flexibility index (Phi) is 6.98. The molecule has 1 rings (SSSR count). The van der Waals surface area contributed by atoms with Crippen molar-refractivity contribution in [2.75, 3.05) is 18.0 Å². The van der Waals surface area contributed by atoms with Gasteiger partial charge in [-0.2, -0.15) is 0 Å². The van der Waals surface area contributed by atoms with Gasteiger partial charge in [-0.25, -0.2) is 8.78 Å². The number of hydrogen-bond donors (Lipinski definition) is 1. The lowest BCUT2D eigenvalue weighted by Crippen LogP contribution is -2.28. The van der Waals surface area contributed by atoms with Crippen LogP contribution in [0.15, 0.2) is 18.2 Å². The number of carbonyl (C=O) groups is 1. The molecule has 20 heavy (non-hydrogen) atoms. The standard InChI is InChI=1S/C15H21F2NO2/c1-2-3-4-5-9-18(10-8-15(19)20)14-11-12(16)6-7-13(14)17/h6-7,11H,2-5,8-10H2,1H3,(H,19,20). The van der Waals surface area contributed by atoms with Crippen molar-refractivity contribution in [1.82, 2.24) is 0 Å². The maximum Gasteiger partial charge on any atom is 0.305 e. The van der Waals surface area contributed by atoms with Gasteiger partial charge in [0, 0.05) is 19.2 Å². The Bertz CT molecular complexity index is 438. The molecular formula is C15H21F2NO2. The van der Waals surface area contributed by atoms with E-state index < -0.39 is 17.6 Å². The van der Waals surface area contributed by atoms with Crippen LogP contribution in [-0.2, 0) is 4.79 Å². The lowest BCUT2D eigenvalue weighted by molar-refractivity contribution is -0.136. The second-order valence-electron chi connectivity index (χ2n) is 4.79. The van der Waals surface area contributed by atoms with Crippen LogP contribution in [0.1, 0.15) is 39.0 Å². The van der Waals surface area contributed by atoms with Crippen molar-refractivity contribution in [3.8, 4) is 0 Å². The first-order valence-electron chi connectivity index (χ1n) is 6.96. The molecule has 1 aromatic carbocycles. The van der Waals surface area contributed by atoms with Crippen LogP contribution in [-0.4, -0.2) is 24.2 Å². The highest BCUT2D eigenvalue weighted by molar-refractivity contribution is 5.67. The first-order valence-corrected chi connectivity index (χ1v) is 6.96. The molecule has 0 radical (unpaired) electrons. The van der Waals surface area contributed by atoms with Crippen molar-refractivity contribution in [2.24, 2.45) is 0 Å². The number of rotatable bonds is 9. The molecular weight excluding hydrogens is 264 g/mol. The quantitative estimate of drug-likeness (QED) is 0.701. The highest BCUT2D eigenvalue weighted by Crippen LogP contribution is 2.21. The van der Waals surface area contributed by atoms with Crippen molar-refractivity contribution < 1.29 is 18.7 Å². The van der Waals surface area contributed by atoms with Crippen molar-refractivity contribution in [3.63, 3.8) is 0 Å². The number of nitrogens with zero attached hydrogens (tertiary/aromatic N) is 1.